The number of nitrogens with zero attached hydrogens (tertiary/aromatic N) is 2. The van der Waals surface area contributed by atoms with E-state index >= 15 is 0 Å². The van der Waals surface area contributed by atoms with Crippen molar-refractivity contribution >= 4 is 5.69 Å². The maximum Gasteiger partial charge on any atom is 0.0991 e. The summed E-state index contributed by atoms with van der Waals surface area (Å²) < 4.78 is 0. The van der Waals surface area contributed by atoms with Crippen LogP contribution in [0.25, 0.3) is 0 Å². The van der Waals surface area contributed by atoms with Crippen molar-refractivity contribution in [2.45, 2.75) is 12.5 Å². The van der Waals surface area contributed by atoms with Gasteiger partial charge in [0.05, 0.1) is 30.2 Å². The van der Waals surface area contributed by atoms with E-state index in [-0.39, 0.29) is 6.42 Å². The third-order valence-corrected chi connectivity index (χ3v) is 1.88. The molecule has 0 saturated carbocycles. The van der Waals surface area contributed by atoms with E-state index < -0.39 is 6.10 Å². The Labute approximate surface area is 88.4 Å². The molecule has 0 fully saturated rings. The lowest BCUT2D eigenvalue weighted by Crippen LogP contribution is -2.18. The Kier molecular flexibility index (Phi) is 4.15. The number of anilines is 1. The van der Waals surface area contributed by atoms with E-state index in [0.717, 1.165) is 5.69 Å². The van der Waals surface area contributed by atoms with Crippen LogP contribution in [0.1, 0.15) is 12.0 Å². The SMILES string of the molecule is N#CCC(O)CNc1ccc(C#N)cc1. The Bertz CT molecular complexity index is 386. The monoisotopic (exact) mass is 201 g/mol. The first kappa shape index (κ1) is 11.0. The Morgan fingerprint density at radius 1 is 1.27 bits per heavy atom. The van der Waals surface area contributed by atoms with E-state index in [4.69, 9.17) is 10.5 Å². The van der Waals surface area contributed by atoms with Crippen molar-refractivity contribution in [3.63, 3.8) is 0 Å². The van der Waals surface area contributed by atoms with Crippen molar-refractivity contribution in [3.8, 4) is 12.1 Å². The molecule has 0 heterocycles. The Morgan fingerprint density at radius 3 is 2.47 bits per heavy atom. The quantitative estimate of drug-likeness (QED) is 0.768. The van der Waals surface area contributed by atoms with Crippen LogP contribution in [-0.4, -0.2) is 17.8 Å². The zero-order chi connectivity index (χ0) is 11.1. The predicted molar refractivity (Wildman–Crippen MR) is 55.9 cm³/mol. The lowest BCUT2D eigenvalue weighted by Gasteiger charge is -2.09. The number of nitriles is 2. The number of benzene rings is 1. The highest BCUT2D eigenvalue weighted by molar-refractivity contribution is 5.47. The van der Waals surface area contributed by atoms with Crippen LogP contribution in [0, 0.1) is 22.7 Å². The van der Waals surface area contributed by atoms with E-state index in [1.165, 1.54) is 0 Å². The van der Waals surface area contributed by atoms with Gasteiger partial charge in [0.15, 0.2) is 0 Å². The third-order valence-electron chi connectivity index (χ3n) is 1.88. The summed E-state index contributed by atoms with van der Waals surface area (Å²) in [6.45, 7) is 0.333. The van der Waals surface area contributed by atoms with Gasteiger partial charge < -0.3 is 10.4 Å². The number of nitrogens with one attached hydrogen (secondary N) is 1. The summed E-state index contributed by atoms with van der Waals surface area (Å²) >= 11 is 0. The summed E-state index contributed by atoms with van der Waals surface area (Å²) in [5.41, 5.74) is 1.42. The number of hydrogen-bond donors (Lipinski definition) is 2. The highest BCUT2D eigenvalue weighted by atomic mass is 16.3. The Balaban J connectivity index is 2.45. The van der Waals surface area contributed by atoms with Crippen LogP contribution in [0.15, 0.2) is 24.3 Å². The van der Waals surface area contributed by atoms with Crippen LogP contribution in [0.3, 0.4) is 0 Å². The van der Waals surface area contributed by atoms with Crippen LogP contribution in [0.4, 0.5) is 5.69 Å². The average molecular weight is 201 g/mol. The fourth-order valence-corrected chi connectivity index (χ4v) is 1.08. The van der Waals surface area contributed by atoms with Crippen LogP contribution in [0.2, 0.25) is 0 Å². The molecule has 0 bridgehead atoms. The molecular weight excluding hydrogens is 190 g/mol. The normalized spacial score (nSPS) is 11.1. The van der Waals surface area contributed by atoms with Crippen molar-refractivity contribution in [1.29, 1.82) is 10.5 Å². The number of hydrogen-bond acceptors (Lipinski definition) is 4. The molecule has 1 rings (SSSR count). The van der Waals surface area contributed by atoms with Crippen LogP contribution in [-0.2, 0) is 0 Å². The Morgan fingerprint density at radius 2 is 1.93 bits per heavy atom. The van der Waals surface area contributed by atoms with Gasteiger partial charge in [0, 0.05) is 12.2 Å². The smallest absolute Gasteiger partial charge is 0.0991 e. The van der Waals surface area contributed by atoms with Crippen LogP contribution < -0.4 is 5.32 Å². The predicted octanol–water partition coefficient (Wildman–Crippen LogP) is 1.24. The minimum absolute atomic E-state index is 0.114. The largest absolute Gasteiger partial charge is 0.390 e. The summed E-state index contributed by atoms with van der Waals surface area (Å²) in [7, 11) is 0. The van der Waals surface area contributed by atoms with Crippen molar-refractivity contribution in [2.75, 3.05) is 11.9 Å². The molecule has 0 saturated heterocycles. The number of rotatable bonds is 4. The first-order chi connectivity index (χ1) is 7.26. The van der Waals surface area contributed by atoms with Crippen LogP contribution >= 0.6 is 0 Å². The summed E-state index contributed by atoms with van der Waals surface area (Å²) in [6.07, 6.45) is -0.547. The number of aliphatic hydroxyl groups excluding tert-OH is 1. The van der Waals surface area contributed by atoms with Gasteiger partial charge >= 0.3 is 0 Å². The molecular formula is C11H11N3O. The molecule has 0 aliphatic carbocycles. The lowest BCUT2D eigenvalue weighted by atomic mass is 10.2. The molecule has 0 aromatic heterocycles. The molecule has 4 heteroatoms. The standard InChI is InChI=1S/C11H11N3O/c12-6-5-11(15)8-14-10-3-1-9(7-13)2-4-10/h1-4,11,14-15H,5,8H2. The molecule has 4 nitrogen and oxygen atoms in total. The first-order valence-corrected chi connectivity index (χ1v) is 4.55. The van der Waals surface area contributed by atoms with Gasteiger partial charge in [-0.25, -0.2) is 0 Å². The minimum atomic E-state index is -0.661. The fourth-order valence-electron chi connectivity index (χ4n) is 1.08. The molecule has 0 radical (unpaired) electrons. The van der Waals surface area contributed by atoms with Crippen molar-refractivity contribution < 1.29 is 5.11 Å². The highest BCUT2D eigenvalue weighted by Gasteiger charge is 2.02. The van der Waals surface area contributed by atoms with Crippen molar-refractivity contribution in [1.82, 2.24) is 0 Å². The summed E-state index contributed by atoms with van der Waals surface area (Å²) in [6, 6.07) is 10.8. The molecule has 2 N–H and O–H groups in total. The molecule has 1 aromatic rings. The molecule has 0 amide bonds. The molecule has 1 unspecified atom stereocenters. The van der Waals surface area contributed by atoms with E-state index in [0.29, 0.717) is 12.1 Å². The molecule has 0 spiro atoms. The second-order valence-corrected chi connectivity index (χ2v) is 3.09. The third kappa shape index (κ3) is 3.68. The average Bonchev–Trinajstić information content (AvgIpc) is 2.27. The zero-order valence-electron chi connectivity index (χ0n) is 8.14. The van der Waals surface area contributed by atoms with Crippen molar-refractivity contribution in [2.24, 2.45) is 0 Å². The fraction of sp³-hybridized carbons (Fsp3) is 0.273. The highest BCUT2D eigenvalue weighted by Crippen LogP contribution is 2.08. The second-order valence-electron chi connectivity index (χ2n) is 3.09. The topological polar surface area (TPSA) is 79.8 Å². The van der Waals surface area contributed by atoms with Crippen LogP contribution in [0.5, 0.6) is 0 Å². The minimum Gasteiger partial charge on any atom is -0.390 e. The van der Waals surface area contributed by atoms with Gasteiger partial charge in [-0.2, -0.15) is 10.5 Å². The second kappa shape index (κ2) is 5.64. The van der Waals surface area contributed by atoms with E-state index in [9.17, 15) is 5.11 Å². The molecule has 1 atom stereocenters. The van der Waals surface area contributed by atoms with Gasteiger partial charge in [0.2, 0.25) is 0 Å². The molecule has 0 aliphatic rings. The van der Waals surface area contributed by atoms with E-state index in [1.54, 1.807) is 24.3 Å². The molecule has 76 valence electrons. The maximum absolute atomic E-state index is 9.27. The van der Waals surface area contributed by atoms with Gasteiger partial charge in [-0.15, -0.1) is 0 Å². The van der Waals surface area contributed by atoms with Gasteiger partial charge in [-0.05, 0) is 24.3 Å². The Hall–Kier alpha value is -2.04. The van der Waals surface area contributed by atoms with Gasteiger partial charge in [0.25, 0.3) is 0 Å². The van der Waals surface area contributed by atoms with Crippen molar-refractivity contribution in [3.05, 3.63) is 29.8 Å². The number of aliphatic hydroxyl groups is 1. The van der Waals surface area contributed by atoms with E-state index in [2.05, 4.69) is 5.32 Å². The molecule has 1 aromatic carbocycles. The maximum atomic E-state index is 9.27. The first-order valence-electron chi connectivity index (χ1n) is 4.55. The van der Waals surface area contributed by atoms with Gasteiger partial charge in [0.1, 0.15) is 0 Å². The molecule has 0 aliphatic heterocycles. The summed E-state index contributed by atoms with van der Waals surface area (Å²) in [5, 5.41) is 29.1. The summed E-state index contributed by atoms with van der Waals surface area (Å²) in [5.74, 6) is 0. The zero-order valence-corrected chi connectivity index (χ0v) is 8.14. The van der Waals surface area contributed by atoms with E-state index in [1.807, 2.05) is 12.1 Å². The summed E-state index contributed by atoms with van der Waals surface area (Å²) in [4.78, 5) is 0. The van der Waals surface area contributed by atoms with Gasteiger partial charge in [-0.3, -0.25) is 0 Å². The lowest BCUT2D eigenvalue weighted by molar-refractivity contribution is 0.193. The molecule has 15 heavy (non-hydrogen) atoms. The van der Waals surface area contributed by atoms with Gasteiger partial charge in [-0.1, -0.05) is 0 Å².